The van der Waals surface area contributed by atoms with E-state index in [9.17, 15) is 4.79 Å². The van der Waals surface area contributed by atoms with Crippen LogP contribution in [0.3, 0.4) is 0 Å². The Bertz CT molecular complexity index is 9500. The van der Waals surface area contributed by atoms with Gasteiger partial charge in [-0.3, -0.25) is 4.79 Å². The Morgan fingerprint density at radius 2 is 1.01 bits per heavy atom. The molecule has 0 atom stereocenters. The number of carbonyl (C=O) groups is 1. The van der Waals surface area contributed by atoms with Gasteiger partial charge in [-0.05, 0) is 191 Å². The van der Waals surface area contributed by atoms with Crippen LogP contribution in [0, 0.1) is 45.9 Å². The van der Waals surface area contributed by atoms with Crippen molar-refractivity contribution in [2.24, 2.45) is 0 Å². The van der Waals surface area contributed by atoms with Crippen LogP contribution in [-0.2, 0) is 76.6 Å². The number of nitrogens with zero attached hydrogens (tertiary/aromatic N) is 10. The first-order valence-electron chi connectivity index (χ1n) is 52.2. The van der Waals surface area contributed by atoms with E-state index in [4.69, 9.17) is 16.1 Å². The van der Waals surface area contributed by atoms with Crippen LogP contribution in [0.25, 0.3) is 172 Å². The molecular weight excluding hydrogens is 2150 g/mol. The van der Waals surface area contributed by atoms with Crippen LogP contribution in [0.1, 0.15) is 109 Å². The molecule has 147 heavy (non-hydrogen) atoms. The van der Waals surface area contributed by atoms with E-state index in [1.807, 2.05) is 104 Å². The third-order valence-corrected chi connectivity index (χ3v) is 27.3. The van der Waals surface area contributed by atoms with Crippen molar-refractivity contribution in [3.63, 3.8) is 0 Å². The number of aryl methyl sites for hydroxylation is 4. The van der Waals surface area contributed by atoms with Crippen molar-refractivity contribution in [3.05, 3.63) is 517 Å². The maximum absolute atomic E-state index is 10.0. The number of aromatic nitrogens is 10. The molecule has 0 bridgehead atoms. The summed E-state index contributed by atoms with van der Waals surface area (Å²) in [6, 6.07) is 129. The first-order valence-corrected chi connectivity index (χ1v) is 48.2. The second kappa shape index (κ2) is 43.6. The average molecular weight is 2280 g/mol. The third kappa shape index (κ3) is 19.5. The second-order valence-electron chi connectivity index (χ2n) is 37.1. The molecule has 12 nitrogen and oxygen atoms in total. The third-order valence-electron chi connectivity index (χ3n) is 27.3. The molecule has 0 fully saturated rings. The van der Waals surface area contributed by atoms with E-state index in [2.05, 4.69) is 381 Å². The number of allylic oxidation sites excluding steroid dienone is 2. The van der Waals surface area contributed by atoms with E-state index in [1.54, 1.807) is 0 Å². The molecule has 16 aromatic carbocycles. The minimum atomic E-state index is -0.411. The number of para-hydroxylation sites is 2. The molecule has 24 aromatic rings. The van der Waals surface area contributed by atoms with E-state index in [0.717, 1.165) is 53.4 Å². The molecule has 12 heterocycles. The Morgan fingerprint density at radius 1 is 0.449 bits per heavy atom. The second-order valence-corrected chi connectivity index (χ2v) is 37.1. The topological polar surface area (TPSA) is 106 Å². The Hall–Kier alpha value is -16.4. The van der Waals surface area contributed by atoms with Gasteiger partial charge in [0.1, 0.15) is 56.5 Å². The van der Waals surface area contributed by atoms with Gasteiger partial charge in [-0.15, -0.1) is 107 Å². The van der Waals surface area contributed by atoms with Gasteiger partial charge in [0, 0.05) is 126 Å². The van der Waals surface area contributed by atoms with Crippen molar-refractivity contribution in [1.82, 2.24) is 28.5 Å². The number of aliphatic hydroxyl groups is 1. The number of pyridine rings is 5. The van der Waals surface area contributed by atoms with Gasteiger partial charge in [0.15, 0.2) is 35.2 Å². The summed E-state index contributed by atoms with van der Waals surface area (Å²) in [6.07, 6.45) is 13.2. The van der Waals surface area contributed by atoms with Crippen molar-refractivity contribution in [1.29, 1.82) is 0 Å². The molecule has 8 aromatic heterocycles. The van der Waals surface area contributed by atoms with Gasteiger partial charge in [-0.25, -0.2) is 13.7 Å². The van der Waals surface area contributed by atoms with Gasteiger partial charge in [0.2, 0.25) is 5.69 Å². The minimum Gasteiger partial charge on any atom is -0.512 e. The van der Waals surface area contributed by atoms with Crippen molar-refractivity contribution >= 4 is 87.2 Å². The molecule has 724 valence electrons. The Labute approximate surface area is 897 Å². The summed E-state index contributed by atoms with van der Waals surface area (Å²) >= 11 is 0. The number of hydrogen-bond acceptors (Lipinski definition) is 5. The summed E-state index contributed by atoms with van der Waals surface area (Å²) in [5.74, 6) is 2.48. The number of fused-ring (bicyclic) bond motifs is 19. The van der Waals surface area contributed by atoms with Crippen LogP contribution in [0.4, 0.5) is 0 Å². The molecule has 0 unspecified atom stereocenters. The minimum absolute atomic E-state index is 0. The van der Waals surface area contributed by atoms with E-state index < -0.39 is 12.1 Å². The number of carbonyl (C=O) groups excluding carboxylic acids is 1. The molecule has 0 amide bonds. The first-order chi connectivity index (χ1) is 73.4. The number of rotatable bonds is 6. The molecule has 5 aliphatic rings. The normalized spacial score (nSPS) is 12.8. The van der Waals surface area contributed by atoms with Gasteiger partial charge in [-0.1, -0.05) is 271 Å². The van der Waals surface area contributed by atoms with Gasteiger partial charge < -0.3 is 20.1 Å². The Balaban J connectivity index is 0.000000117. The molecule has 0 saturated carbocycles. The summed E-state index contributed by atoms with van der Waals surface area (Å²) in [7, 11) is 0. The Kier molecular flexibility index (Phi) is 26.9. The summed E-state index contributed by atoms with van der Waals surface area (Å²) < 4.78 is 78.3. The van der Waals surface area contributed by atoms with Crippen LogP contribution < -0.4 is 18.3 Å². The molecular formula is C133H113Ir2N10O2+. The molecule has 29 rings (SSSR count). The standard InChI is InChI=1S/C25H21N2.C24H17N2.C20H15N2.C18H14N.C15H10N.2C12H10N.C5H8O2.2CH4.2Ir/c1-15-10-11-21-20(12-15)19-9-5-8-18-13-26-14-22(27(21)25(26)24(18)19)23-16(2)6-4-7-17(23)3;1-3-11-19-17(8-1)10-7-15-21(19)26-23-14-6-5-13-22(23)25-16-18-9-2-4-12-20(18)24(25)26;1-3-9-17-15(6-1)8-5-11-19(17)22-13-12-21-14-16-7-2-4-10-18(16)20(21)22;1-18(2)14-8-4-3-7-13(14)17-16-12(10-11-19-17)6-5-9-15(16)18;1-2-7-13(8-3-1)15-14-9-5-4-6-12(14)10-11-16-15;1-2-6-11-10(5-1)9-13-8-4-3-7-12(11)13;1-10-7-8-12(13-9-10)11-5-3-2-4-6-11;1-4(6)3-5(2)7;;;;/h4-12,14H,13H2,1-3H3;1-15H,16H2;1-13H,14H2;3-6,8-11H,1-2H3;1-7,9-11H;1-8H,9H2;2-5,7-9H,1H3;3,6H,1-2H3;2*1H4;;/q3*+1;2*-1;+1;-1;;;;;/i;;;;;1D,2D,3D,4D,5D,6D,7D,8D;;;;;;. The van der Waals surface area contributed by atoms with E-state index in [-0.39, 0.29) is 126 Å². The average Bonchev–Trinajstić information content (AvgIpc) is 1.50. The maximum atomic E-state index is 10.0. The van der Waals surface area contributed by atoms with Crippen LogP contribution in [-0.4, -0.2) is 39.4 Å². The first kappa shape index (κ1) is 90.6. The number of benzene rings is 16. The van der Waals surface area contributed by atoms with Crippen LogP contribution >= 0.6 is 0 Å². The number of imidazole rings is 3. The van der Waals surface area contributed by atoms with E-state index >= 15 is 0 Å². The number of ketones is 1. The fraction of sp³-hybridized carbons (Fsp3) is 0.113. The Morgan fingerprint density at radius 3 is 1.73 bits per heavy atom. The summed E-state index contributed by atoms with van der Waals surface area (Å²) in [4.78, 5) is 23.4. The quantitative estimate of drug-likeness (QED) is 0.0587. The molecule has 2 radical (unpaired) electrons. The van der Waals surface area contributed by atoms with Crippen molar-refractivity contribution in [3.8, 4) is 90.4 Å². The summed E-state index contributed by atoms with van der Waals surface area (Å²) in [6.45, 7) is 18.9. The SMILES string of the molecule is C.C.CC(=O)C=C(C)O.CC1(C)c2ccc[c-]c2-c2nccc3cccc1c23.Cc1ccc(-c2[c-]cccc2)nc1.Cc1ccc2c(c1)c1cccc3c1c1n2c(-c2c(C)cccc2C)c[n+]1C3.[2H]c1c([2H])c([2H])c2c(c1[2H])C[n+]1c([2H])c([2H])c([2H])c([2H])c1-2.[Ir].[Ir].[c-]1ccccc1-c1nccc2ccccc12.c1ccc2c(c1)C[n+]1c-2n(-c2cccc3ccccc23)c2ccccc21.c1ccc2c(c1)C[n+]1ccn(-c3cccc4ccccc34)c1-2. The van der Waals surface area contributed by atoms with Gasteiger partial charge in [0.05, 0.1) is 37.4 Å². The largest absolute Gasteiger partial charge is 0.512 e. The van der Waals surface area contributed by atoms with E-state index in [1.165, 1.54) is 201 Å². The molecule has 14 heteroatoms. The number of hydrogen-bond donors (Lipinski definition) is 1. The van der Waals surface area contributed by atoms with Crippen LogP contribution in [0.2, 0.25) is 0 Å². The molecule has 0 saturated heterocycles. The predicted molar refractivity (Wildman–Crippen MR) is 594 cm³/mol. The smallest absolute Gasteiger partial charge is 0.295 e. The summed E-state index contributed by atoms with van der Waals surface area (Å²) in [5, 5.41) is 22.5. The van der Waals surface area contributed by atoms with Gasteiger partial charge in [0.25, 0.3) is 17.3 Å². The molecule has 0 spiro atoms. The van der Waals surface area contributed by atoms with Crippen LogP contribution in [0.5, 0.6) is 0 Å². The van der Waals surface area contributed by atoms with Gasteiger partial charge >= 0.3 is 0 Å². The van der Waals surface area contributed by atoms with Crippen molar-refractivity contribution in [2.75, 3.05) is 0 Å². The van der Waals surface area contributed by atoms with Crippen molar-refractivity contribution < 1.29 is 79.3 Å². The zero-order chi connectivity index (χ0) is 104. The zero-order valence-electron chi connectivity index (χ0n) is 89.3. The van der Waals surface area contributed by atoms with Crippen LogP contribution in [0.15, 0.2) is 443 Å². The van der Waals surface area contributed by atoms with E-state index in [0.29, 0.717) is 5.56 Å². The summed E-state index contributed by atoms with van der Waals surface area (Å²) in [5.41, 5.74) is 31.8. The monoisotopic (exact) mass is 2280 g/mol. The van der Waals surface area contributed by atoms with Crippen molar-refractivity contribution in [2.45, 2.75) is 102 Å². The fourth-order valence-corrected chi connectivity index (χ4v) is 20.9. The molecule has 1 N–H and O–H groups in total. The number of aliphatic hydroxyl groups excluding tert-OH is 1. The fourth-order valence-electron chi connectivity index (χ4n) is 20.9. The maximum Gasteiger partial charge on any atom is 0.295 e. The predicted octanol–water partition coefficient (Wildman–Crippen LogP) is 29.7. The molecule has 1 aliphatic carbocycles. The zero-order valence-corrected chi connectivity index (χ0v) is 86.1. The van der Waals surface area contributed by atoms with Gasteiger partial charge in [-0.2, -0.15) is 18.1 Å². The molecule has 4 aliphatic heterocycles.